The molecule has 2 unspecified atom stereocenters. The van der Waals surface area contributed by atoms with Crippen molar-refractivity contribution in [3.05, 3.63) is 18.7 Å². The molecule has 0 saturated heterocycles. The van der Waals surface area contributed by atoms with Gasteiger partial charge in [0.15, 0.2) is 0 Å². The van der Waals surface area contributed by atoms with Crippen LogP contribution < -0.4 is 11.1 Å². The molecule has 1 heterocycles. The van der Waals surface area contributed by atoms with E-state index in [0.29, 0.717) is 6.54 Å². The van der Waals surface area contributed by atoms with Crippen LogP contribution in [0.15, 0.2) is 18.7 Å². The Labute approximate surface area is 102 Å². The molecule has 0 aromatic carbocycles. The van der Waals surface area contributed by atoms with Gasteiger partial charge in [0.1, 0.15) is 0 Å². The molecule has 96 valence electrons. The van der Waals surface area contributed by atoms with Crippen LogP contribution in [-0.2, 0) is 11.3 Å². The Balaban J connectivity index is 2.51. The van der Waals surface area contributed by atoms with Crippen LogP contribution in [0.1, 0.15) is 27.2 Å². The van der Waals surface area contributed by atoms with Crippen molar-refractivity contribution >= 4 is 5.91 Å². The average molecular weight is 238 g/mol. The molecule has 5 nitrogen and oxygen atoms in total. The molecule has 0 aliphatic rings. The van der Waals surface area contributed by atoms with E-state index in [1.165, 1.54) is 0 Å². The first-order valence-electron chi connectivity index (χ1n) is 5.98. The fourth-order valence-corrected chi connectivity index (χ4v) is 1.55. The van der Waals surface area contributed by atoms with E-state index in [1.807, 2.05) is 31.5 Å². The fraction of sp³-hybridized carbons (Fsp3) is 0.667. The molecule has 0 fully saturated rings. The first kappa shape index (κ1) is 13.7. The third-order valence-electron chi connectivity index (χ3n) is 3.20. The quantitative estimate of drug-likeness (QED) is 0.768. The van der Waals surface area contributed by atoms with Crippen LogP contribution >= 0.6 is 0 Å². The summed E-state index contributed by atoms with van der Waals surface area (Å²) in [4.78, 5) is 16.0. The Hall–Kier alpha value is -1.36. The number of amides is 1. The van der Waals surface area contributed by atoms with Crippen LogP contribution in [0.4, 0.5) is 0 Å². The second-order valence-corrected chi connectivity index (χ2v) is 4.75. The van der Waals surface area contributed by atoms with Gasteiger partial charge in [-0.05, 0) is 20.3 Å². The van der Waals surface area contributed by atoms with Crippen molar-refractivity contribution in [3.8, 4) is 0 Å². The zero-order valence-corrected chi connectivity index (χ0v) is 10.8. The van der Waals surface area contributed by atoms with Gasteiger partial charge in [0.2, 0.25) is 5.91 Å². The van der Waals surface area contributed by atoms with Gasteiger partial charge >= 0.3 is 0 Å². The van der Waals surface area contributed by atoms with E-state index in [9.17, 15) is 4.79 Å². The van der Waals surface area contributed by atoms with Gasteiger partial charge in [0, 0.05) is 31.5 Å². The van der Waals surface area contributed by atoms with Crippen LogP contribution in [-0.4, -0.2) is 28.0 Å². The second-order valence-electron chi connectivity index (χ2n) is 4.75. The Bertz CT molecular complexity index is 343. The molecule has 1 amide bonds. The monoisotopic (exact) mass is 238 g/mol. The normalized spacial score (nSPS) is 16.2. The number of nitrogens with one attached hydrogen (secondary N) is 1. The summed E-state index contributed by atoms with van der Waals surface area (Å²) in [6.07, 6.45) is 6.09. The van der Waals surface area contributed by atoms with E-state index >= 15 is 0 Å². The molecule has 0 spiro atoms. The number of carbonyl (C=O) groups is 1. The van der Waals surface area contributed by atoms with Crippen LogP contribution in [0.3, 0.4) is 0 Å². The summed E-state index contributed by atoms with van der Waals surface area (Å²) in [6.45, 7) is 6.94. The summed E-state index contributed by atoms with van der Waals surface area (Å²) in [6, 6.07) is 0.0640. The number of nitrogens with zero attached hydrogens (tertiary/aromatic N) is 2. The number of aromatic nitrogens is 2. The molecule has 1 aromatic heterocycles. The van der Waals surface area contributed by atoms with E-state index in [2.05, 4.69) is 10.3 Å². The van der Waals surface area contributed by atoms with Gasteiger partial charge in [-0.25, -0.2) is 4.98 Å². The molecule has 1 rings (SSSR count). The third-order valence-corrected chi connectivity index (χ3v) is 3.20. The fourth-order valence-electron chi connectivity index (χ4n) is 1.55. The van der Waals surface area contributed by atoms with Crippen molar-refractivity contribution < 1.29 is 4.79 Å². The largest absolute Gasteiger partial charge is 0.351 e. The number of rotatable bonds is 6. The SMILES string of the molecule is CCC(C)(CN)C(=O)NC(C)Cn1ccnc1. The molecule has 5 heteroatoms. The van der Waals surface area contributed by atoms with Crippen molar-refractivity contribution in [1.82, 2.24) is 14.9 Å². The van der Waals surface area contributed by atoms with Gasteiger partial charge < -0.3 is 15.6 Å². The topological polar surface area (TPSA) is 72.9 Å². The minimum Gasteiger partial charge on any atom is -0.351 e. The Morgan fingerprint density at radius 3 is 2.82 bits per heavy atom. The predicted octanol–water partition coefficient (Wildman–Crippen LogP) is 0.763. The number of carbonyl (C=O) groups excluding carboxylic acids is 1. The molecular weight excluding hydrogens is 216 g/mol. The first-order chi connectivity index (χ1) is 8.01. The van der Waals surface area contributed by atoms with Gasteiger partial charge in [0.25, 0.3) is 0 Å². The zero-order chi connectivity index (χ0) is 12.9. The molecule has 3 N–H and O–H groups in total. The summed E-state index contributed by atoms with van der Waals surface area (Å²) in [5.74, 6) is 0.0233. The minimum absolute atomic E-state index is 0.0233. The van der Waals surface area contributed by atoms with E-state index < -0.39 is 5.41 Å². The molecule has 0 aliphatic carbocycles. The first-order valence-corrected chi connectivity index (χ1v) is 5.98. The van der Waals surface area contributed by atoms with Gasteiger partial charge in [0.05, 0.1) is 11.7 Å². The number of imidazole rings is 1. The lowest BCUT2D eigenvalue weighted by molar-refractivity contribution is -0.130. The molecule has 0 radical (unpaired) electrons. The maximum atomic E-state index is 12.0. The minimum atomic E-state index is -0.469. The number of hydrogen-bond donors (Lipinski definition) is 2. The Morgan fingerprint density at radius 2 is 2.35 bits per heavy atom. The van der Waals surface area contributed by atoms with E-state index in [-0.39, 0.29) is 11.9 Å². The summed E-state index contributed by atoms with van der Waals surface area (Å²) >= 11 is 0. The summed E-state index contributed by atoms with van der Waals surface area (Å²) in [7, 11) is 0. The highest BCUT2D eigenvalue weighted by molar-refractivity contribution is 5.82. The molecule has 0 saturated carbocycles. The average Bonchev–Trinajstić information content (AvgIpc) is 2.80. The van der Waals surface area contributed by atoms with Gasteiger partial charge in [-0.15, -0.1) is 0 Å². The highest BCUT2D eigenvalue weighted by Crippen LogP contribution is 2.19. The van der Waals surface area contributed by atoms with Crippen LogP contribution in [0.5, 0.6) is 0 Å². The van der Waals surface area contributed by atoms with E-state index in [4.69, 9.17) is 5.73 Å². The maximum Gasteiger partial charge on any atom is 0.227 e. The van der Waals surface area contributed by atoms with Gasteiger partial charge in [-0.1, -0.05) is 6.92 Å². The van der Waals surface area contributed by atoms with E-state index in [0.717, 1.165) is 13.0 Å². The summed E-state index contributed by atoms with van der Waals surface area (Å²) in [5, 5.41) is 2.99. The molecular formula is C12H22N4O. The van der Waals surface area contributed by atoms with Crippen LogP contribution in [0, 0.1) is 5.41 Å². The summed E-state index contributed by atoms with van der Waals surface area (Å²) in [5.41, 5.74) is 5.19. The smallest absolute Gasteiger partial charge is 0.227 e. The van der Waals surface area contributed by atoms with Gasteiger partial charge in [-0.2, -0.15) is 0 Å². The lowest BCUT2D eigenvalue weighted by atomic mass is 9.86. The lowest BCUT2D eigenvalue weighted by Crippen LogP contribution is -2.47. The van der Waals surface area contributed by atoms with Crippen molar-refractivity contribution in [2.75, 3.05) is 6.54 Å². The van der Waals surface area contributed by atoms with Crippen molar-refractivity contribution in [3.63, 3.8) is 0 Å². The Kier molecular flexibility index (Phi) is 4.69. The molecule has 2 atom stereocenters. The predicted molar refractivity (Wildman–Crippen MR) is 67.3 cm³/mol. The van der Waals surface area contributed by atoms with Crippen molar-refractivity contribution in [2.24, 2.45) is 11.1 Å². The number of hydrogen-bond acceptors (Lipinski definition) is 3. The van der Waals surface area contributed by atoms with Crippen LogP contribution in [0.25, 0.3) is 0 Å². The standard InChI is InChI=1S/C12H22N4O/c1-4-12(3,8-13)11(17)15-10(2)7-16-6-5-14-9-16/h5-6,9-10H,4,7-8,13H2,1-3H3,(H,15,17). The lowest BCUT2D eigenvalue weighted by Gasteiger charge is -2.27. The molecule has 0 bridgehead atoms. The number of nitrogens with two attached hydrogens (primary N) is 1. The highest BCUT2D eigenvalue weighted by atomic mass is 16.2. The van der Waals surface area contributed by atoms with Gasteiger partial charge in [-0.3, -0.25) is 4.79 Å². The maximum absolute atomic E-state index is 12.0. The molecule has 0 aliphatic heterocycles. The highest BCUT2D eigenvalue weighted by Gasteiger charge is 2.30. The second kappa shape index (κ2) is 5.82. The zero-order valence-electron chi connectivity index (χ0n) is 10.8. The Morgan fingerprint density at radius 1 is 1.65 bits per heavy atom. The molecule has 17 heavy (non-hydrogen) atoms. The molecule has 1 aromatic rings. The van der Waals surface area contributed by atoms with Crippen molar-refractivity contribution in [2.45, 2.75) is 39.8 Å². The van der Waals surface area contributed by atoms with Crippen molar-refractivity contribution in [1.29, 1.82) is 0 Å². The third kappa shape index (κ3) is 3.56. The van der Waals surface area contributed by atoms with Crippen LogP contribution in [0.2, 0.25) is 0 Å². The summed E-state index contributed by atoms with van der Waals surface area (Å²) < 4.78 is 1.94. The van der Waals surface area contributed by atoms with E-state index in [1.54, 1.807) is 12.5 Å².